The van der Waals surface area contributed by atoms with Gasteiger partial charge in [0.15, 0.2) is 6.61 Å². The lowest BCUT2D eigenvalue weighted by atomic mass is 10.0. The van der Waals surface area contributed by atoms with Crippen molar-refractivity contribution in [2.75, 3.05) is 13.2 Å². The van der Waals surface area contributed by atoms with E-state index in [9.17, 15) is 14.9 Å². The molecule has 0 N–H and O–H groups in total. The number of rotatable bonds is 7. The number of nitriles is 1. The lowest BCUT2D eigenvalue weighted by molar-refractivity contribution is -0.137. The summed E-state index contributed by atoms with van der Waals surface area (Å²) in [4.78, 5) is 24.4. The van der Waals surface area contributed by atoms with Crippen molar-refractivity contribution in [2.45, 2.75) is 20.8 Å². The van der Waals surface area contributed by atoms with Gasteiger partial charge in [-0.15, -0.1) is 0 Å². The van der Waals surface area contributed by atoms with E-state index in [2.05, 4.69) is 0 Å². The fourth-order valence-corrected chi connectivity index (χ4v) is 2.54. The number of carbonyl (C=O) groups excluding carboxylic acids is 2. The maximum atomic E-state index is 12.3. The molecule has 2 aromatic carbocycles. The quantitative estimate of drug-likeness (QED) is 0.321. The van der Waals surface area contributed by atoms with Gasteiger partial charge in [0.25, 0.3) is 0 Å². The summed E-state index contributed by atoms with van der Waals surface area (Å²) in [5.41, 5.74) is 2.86. The first-order valence-corrected chi connectivity index (χ1v) is 8.56. The molecule has 0 atom stereocenters. The van der Waals surface area contributed by atoms with E-state index in [0.717, 1.165) is 11.1 Å². The third kappa shape index (κ3) is 5.55. The highest BCUT2D eigenvalue weighted by Gasteiger charge is 2.15. The van der Waals surface area contributed by atoms with Gasteiger partial charge in [-0.1, -0.05) is 35.9 Å². The van der Waals surface area contributed by atoms with E-state index in [1.165, 1.54) is 6.08 Å². The lowest BCUT2D eigenvalue weighted by Crippen LogP contribution is -2.16. The van der Waals surface area contributed by atoms with Crippen molar-refractivity contribution in [3.63, 3.8) is 0 Å². The lowest BCUT2D eigenvalue weighted by Gasteiger charge is -2.07. The minimum atomic E-state index is -0.829. The van der Waals surface area contributed by atoms with Crippen LogP contribution in [0.25, 0.3) is 6.08 Å². The molecule has 0 unspecified atom stereocenters. The minimum absolute atomic E-state index is 0.174. The van der Waals surface area contributed by atoms with E-state index in [1.54, 1.807) is 30.3 Å². The first-order chi connectivity index (χ1) is 12.9. The third-order valence-electron chi connectivity index (χ3n) is 3.86. The van der Waals surface area contributed by atoms with Gasteiger partial charge < -0.3 is 9.47 Å². The molecule has 0 aliphatic carbocycles. The number of ketones is 1. The number of nitrogens with zero attached hydrogens (tertiary/aromatic N) is 1. The molecule has 2 aromatic rings. The summed E-state index contributed by atoms with van der Waals surface area (Å²) in [6.07, 6.45) is 1.42. The summed E-state index contributed by atoms with van der Waals surface area (Å²) in [6.45, 7) is 5.79. The van der Waals surface area contributed by atoms with Gasteiger partial charge in [0.05, 0.1) is 6.61 Å². The fraction of sp³-hybridized carbons (Fsp3) is 0.227. The Morgan fingerprint density at radius 2 is 1.81 bits per heavy atom. The van der Waals surface area contributed by atoms with Crippen LogP contribution in [0.4, 0.5) is 0 Å². The number of benzene rings is 2. The maximum absolute atomic E-state index is 12.3. The van der Waals surface area contributed by atoms with E-state index in [0.29, 0.717) is 23.5 Å². The molecule has 0 bridgehead atoms. The van der Waals surface area contributed by atoms with Crippen LogP contribution in [0.15, 0.2) is 48.0 Å². The van der Waals surface area contributed by atoms with Crippen LogP contribution < -0.4 is 4.74 Å². The number of hydrogen-bond donors (Lipinski definition) is 0. The molecule has 138 valence electrons. The molecule has 0 heterocycles. The first kappa shape index (κ1) is 19.9. The molecule has 0 aliphatic rings. The summed E-state index contributed by atoms with van der Waals surface area (Å²) in [5.74, 6) is -0.432. The molecular formula is C22H21NO4. The van der Waals surface area contributed by atoms with Crippen LogP contribution in [-0.4, -0.2) is 25.0 Å². The Kier molecular flexibility index (Phi) is 6.90. The molecule has 0 aliphatic heterocycles. The average molecular weight is 363 g/mol. The van der Waals surface area contributed by atoms with Crippen molar-refractivity contribution in [1.29, 1.82) is 5.26 Å². The Balaban J connectivity index is 2.04. The van der Waals surface area contributed by atoms with Gasteiger partial charge in [0, 0.05) is 5.56 Å². The zero-order chi connectivity index (χ0) is 19.8. The highest BCUT2D eigenvalue weighted by Crippen LogP contribution is 2.15. The van der Waals surface area contributed by atoms with Crippen molar-refractivity contribution in [2.24, 2.45) is 0 Å². The number of Topliss-reactive ketones (excluding diaryl/α,β-unsaturated/α-hetero) is 1. The Morgan fingerprint density at radius 1 is 1.11 bits per heavy atom. The van der Waals surface area contributed by atoms with E-state index in [-0.39, 0.29) is 11.4 Å². The Morgan fingerprint density at radius 3 is 2.41 bits per heavy atom. The van der Waals surface area contributed by atoms with Crippen molar-refractivity contribution in [3.8, 4) is 11.8 Å². The Labute approximate surface area is 158 Å². The first-order valence-electron chi connectivity index (χ1n) is 8.56. The van der Waals surface area contributed by atoms with E-state index < -0.39 is 12.6 Å². The molecule has 5 heteroatoms. The number of ether oxygens (including phenoxy) is 2. The van der Waals surface area contributed by atoms with Gasteiger partial charge in [-0.2, -0.15) is 5.26 Å². The number of aryl methyl sites for hydroxylation is 2. The van der Waals surface area contributed by atoms with Crippen LogP contribution in [0.5, 0.6) is 5.75 Å². The van der Waals surface area contributed by atoms with Crippen LogP contribution in [-0.2, 0) is 9.53 Å². The minimum Gasteiger partial charge on any atom is -0.494 e. The fourth-order valence-electron chi connectivity index (χ4n) is 2.54. The zero-order valence-electron chi connectivity index (χ0n) is 15.6. The van der Waals surface area contributed by atoms with Gasteiger partial charge in [0.2, 0.25) is 5.78 Å². The largest absolute Gasteiger partial charge is 0.494 e. The molecule has 0 saturated carbocycles. The maximum Gasteiger partial charge on any atom is 0.349 e. The van der Waals surface area contributed by atoms with E-state index in [1.807, 2.05) is 39.0 Å². The smallest absolute Gasteiger partial charge is 0.349 e. The van der Waals surface area contributed by atoms with Crippen LogP contribution >= 0.6 is 0 Å². The topological polar surface area (TPSA) is 76.4 Å². The highest BCUT2D eigenvalue weighted by molar-refractivity contribution is 6.02. The summed E-state index contributed by atoms with van der Waals surface area (Å²) < 4.78 is 10.4. The van der Waals surface area contributed by atoms with Gasteiger partial charge in [-0.05, 0) is 50.1 Å². The highest BCUT2D eigenvalue weighted by atomic mass is 16.5. The molecule has 2 rings (SSSR count). The molecule has 5 nitrogen and oxygen atoms in total. The summed E-state index contributed by atoms with van der Waals surface area (Å²) in [7, 11) is 0. The second kappa shape index (κ2) is 9.35. The SMILES string of the molecule is CCOc1ccc(/C=C(\C#N)C(=O)OCC(=O)c2ccc(C)cc2C)cc1. The van der Waals surface area contributed by atoms with Gasteiger partial charge in [-0.3, -0.25) is 4.79 Å². The molecule has 0 radical (unpaired) electrons. The van der Waals surface area contributed by atoms with Crippen LogP contribution in [0.2, 0.25) is 0 Å². The van der Waals surface area contributed by atoms with Crippen molar-refractivity contribution in [3.05, 3.63) is 70.3 Å². The van der Waals surface area contributed by atoms with Crippen LogP contribution in [0.3, 0.4) is 0 Å². The summed E-state index contributed by atoms with van der Waals surface area (Å²) in [5, 5.41) is 9.22. The van der Waals surface area contributed by atoms with Gasteiger partial charge in [0.1, 0.15) is 17.4 Å². The predicted octanol–water partition coefficient (Wildman–Crippen LogP) is 4.04. The van der Waals surface area contributed by atoms with Crippen molar-refractivity contribution in [1.82, 2.24) is 0 Å². The van der Waals surface area contributed by atoms with Crippen molar-refractivity contribution >= 4 is 17.8 Å². The standard InChI is InChI=1S/C22H21NO4/c1-4-26-19-8-6-17(7-9-19)12-18(13-23)22(25)27-14-21(24)20-10-5-15(2)11-16(20)3/h5-12H,4,14H2,1-3H3/b18-12+. The summed E-state index contributed by atoms with van der Waals surface area (Å²) >= 11 is 0. The predicted molar refractivity (Wildman–Crippen MR) is 102 cm³/mol. The van der Waals surface area contributed by atoms with Crippen molar-refractivity contribution < 1.29 is 19.1 Å². The third-order valence-corrected chi connectivity index (χ3v) is 3.86. The molecular weight excluding hydrogens is 342 g/mol. The van der Waals surface area contributed by atoms with Crippen LogP contribution in [0, 0.1) is 25.2 Å². The molecule has 0 aromatic heterocycles. The second-order valence-corrected chi connectivity index (χ2v) is 5.99. The van der Waals surface area contributed by atoms with Gasteiger partial charge >= 0.3 is 5.97 Å². The van der Waals surface area contributed by atoms with E-state index in [4.69, 9.17) is 9.47 Å². The molecule has 0 fully saturated rings. The number of hydrogen-bond acceptors (Lipinski definition) is 5. The zero-order valence-corrected chi connectivity index (χ0v) is 15.6. The molecule has 0 saturated heterocycles. The second-order valence-electron chi connectivity index (χ2n) is 5.99. The Hall–Kier alpha value is -3.39. The van der Waals surface area contributed by atoms with Crippen LogP contribution in [0.1, 0.15) is 34.0 Å². The molecule has 0 spiro atoms. The van der Waals surface area contributed by atoms with E-state index >= 15 is 0 Å². The molecule has 0 amide bonds. The van der Waals surface area contributed by atoms with Gasteiger partial charge in [-0.25, -0.2) is 4.79 Å². The Bertz CT molecular complexity index is 905. The monoisotopic (exact) mass is 363 g/mol. The number of esters is 1. The normalized spacial score (nSPS) is 10.8. The average Bonchev–Trinajstić information content (AvgIpc) is 2.65. The summed E-state index contributed by atoms with van der Waals surface area (Å²) in [6, 6.07) is 14.2. The molecule has 27 heavy (non-hydrogen) atoms. The number of carbonyl (C=O) groups is 2.